The van der Waals surface area contributed by atoms with Gasteiger partial charge in [0.2, 0.25) is 5.91 Å². The van der Waals surface area contributed by atoms with E-state index in [4.69, 9.17) is 4.74 Å². The van der Waals surface area contributed by atoms with Crippen LogP contribution in [0.2, 0.25) is 0 Å². The van der Waals surface area contributed by atoms with E-state index in [1.807, 2.05) is 0 Å². The first kappa shape index (κ1) is 20.3. The van der Waals surface area contributed by atoms with Crippen molar-refractivity contribution in [1.29, 1.82) is 0 Å². The van der Waals surface area contributed by atoms with Crippen molar-refractivity contribution in [2.75, 3.05) is 20.2 Å². The molecule has 1 aliphatic heterocycles. The summed E-state index contributed by atoms with van der Waals surface area (Å²) in [6.45, 7) is 0.798. The fraction of sp³-hybridized carbons (Fsp3) is 0.381. The largest absolute Gasteiger partial charge is 0.497 e. The Morgan fingerprint density at radius 1 is 1.11 bits per heavy atom. The number of piperidine rings is 1. The molecule has 7 heteroatoms. The molecule has 0 aliphatic carbocycles. The maximum absolute atomic E-state index is 13.7. The number of likely N-dealkylation sites (tertiary alicyclic amines) is 1. The quantitative estimate of drug-likeness (QED) is 0.740. The van der Waals surface area contributed by atoms with E-state index in [0.29, 0.717) is 43.7 Å². The second-order valence-corrected chi connectivity index (χ2v) is 9.12. The molecule has 2 aromatic rings. The highest BCUT2D eigenvalue weighted by molar-refractivity contribution is 7.92. The molecule has 0 radical (unpaired) electrons. The summed E-state index contributed by atoms with van der Waals surface area (Å²) >= 11 is 0. The lowest BCUT2D eigenvalue weighted by Gasteiger charge is -2.32. The van der Waals surface area contributed by atoms with E-state index in [1.54, 1.807) is 47.4 Å². The Morgan fingerprint density at radius 3 is 2.36 bits per heavy atom. The van der Waals surface area contributed by atoms with E-state index in [1.165, 1.54) is 13.2 Å². The predicted octanol–water partition coefficient (Wildman–Crippen LogP) is 3.23. The Balaban J connectivity index is 1.55. The van der Waals surface area contributed by atoms with E-state index in [2.05, 4.69) is 0 Å². The minimum absolute atomic E-state index is 0.0662. The van der Waals surface area contributed by atoms with Crippen molar-refractivity contribution in [3.63, 3.8) is 0 Å². The number of amides is 1. The van der Waals surface area contributed by atoms with Gasteiger partial charge in [-0.05, 0) is 55.2 Å². The van der Waals surface area contributed by atoms with Gasteiger partial charge in [-0.2, -0.15) is 0 Å². The van der Waals surface area contributed by atoms with Gasteiger partial charge in [-0.1, -0.05) is 18.2 Å². The summed E-state index contributed by atoms with van der Waals surface area (Å²) in [4.78, 5) is 14.4. The van der Waals surface area contributed by atoms with Gasteiger partial charge in [0.05, 0.1) is 17.3 Å². The fourth-order valence-electron chi connectivity index (χ4n) is 3.47. The average molecular weight is 405 g/mol. The molecule has 2 aromatic carbocycles. The number of methoxy groups -OCH3 is 1. The summed E-state index contributed by atoms with van der Waals surface area (Å²) in [5, 5.41) is -0.503. The predicted molar refractivity (Wildman–Crippen MR) is 105 cm³/mol. The number of benzene rings is 2. The van der Waals surface area contributed by atoms with Crippen molar-refractivity contribution in [2.24, 2.45) is 0 Å². The molecule has 1 heterocycles. The van der Waals surface area contributed by atoms with Crippen LogP contribution in [0.3, 0.4) is 0 Å². The van der Waals surface area contributed by atoms with Gasteiger partial charge >= 0.3 is 0 Å². The Hall–Kier alpha value is -2.41. The summed E-state index contributed by atoms with van der Waals surface area (Å²) in [5.41, 5.74) is 0.521. The number of halogens is 1. The highest BCUT2D eigenvalue weighted by Crippen LogP contribution is 2.26. The number of aryl methyl sites for hydroxylation is 1. The molecule has 0 unspecified atom stereocenters. The van der Waals surface area contributed by atoms with Gasteiger partial charge in [0.25, 0.3) is 0 Å². The molecular formula is C21H24FNO4S. The van der Waals surface area contributed by atoms with Crippen LogP contribution in [0.5, 0.6) is 5.75 Å². The summed E-state index contributed by atoms with van der Waals surface area (Å²) in [6.07, 6.45) is 1.37. The maximum atomic E-state index is 13.7. The fourth-order valence-corrected chi connectivity index (χ4v) is 5.21. The van der Waals surface area contributed by atoms with Crippen LogP contribution in [-0.2, 0) is 21.1 Å². The van der Waals surface area contributed by atoms with Gasteiger partial charge in [-0.15, -0.1) is 0 Å². The Kier molecular flexibility index (Phi) is 6.34. The van der Waals surface area contributed by atoms with Crippen LogP contribution in [0.1, 0.15) is 24.8 Å². The molecule has 5 nitrogen and oxygen atoms in total. The van der Waals surface area contributed by atoms with Crippen LogP contribution in [0, 0.1) is 5.82 Å². The number of carbonyl (C=O) groups excluding carboxylic acids is 1. The molecule has 1 amide bonds. The zero-order valence-corrected chi connectivity index (χ0v) is 16.6. The van der Waals surface area contributed by atoms with Gasteiger partial charge < -0.3 is 9.64 Å². The molecule has 1 fully saturated rings. The van der Waals surface area contributed by atoms with Gasteiger partial charge in [0.1, 0.15) is 11.6 Å². The van der Waals surface area contributed by atoms with Crippen LogP contribution in [0.4, 0.5) is 4.39 Å². The van der Waals surface area contributed by atoms with Crippen LogP contribution < -0.4 is 4.74 Å². The smallest absolute Gasteiger partial charge is 0.222 e. The number of ether oxygens (including phenoxy) is 1. The summed E-state index contributed by atoms with van der Waals surface area (Å²) in [6, 6.07) is 12.8. The first-order valence-electron chi connectivity index (χ1n) is 9.31. The number of nitrogens with zero attached hydrogens (tertiary/aromatic N) is 1. The van der Waals surface area contributed by atoms with Crippen LogP contribution >= 0.6 is 0 Å². The molecule has 1 aliphatic rings. The van der Waals surface area contributed by atoms with Crippen LogP contribution in [-0.4, -0.2) is 44.7 Å². The van der Waals surface area contributed by atoms with Crippen molar-refractivity contribution in [1.82, 2.24) is 4.90 Å². The minimum atomic E-state index is -3.44. The van der Waals surface area contributed by atoms with Crippen molar-refractivity contribution in [3.05, 3.63) is 59.9 Å². The molecule has 150 valence electrons. The Labute approximate surface area is 165 Å². The first-order valence-corrected chi connectivity index (χ1v) is 10.9. The monoisotopic (exact) mass is 405 g/mol. The highest BCUT2D eigenvalue weighted by Gasteiger charge is 2.32. The number of hydrogen-bond donors (Lipinski definition) is 0. The first-order chi connectivity index (χ1) is 13.4. The second-order valence-electron chi connectivity index (χ2n) is 6.89. The Morgan fingerprint density at radius 2 is 1.75 bits per heavy atom. The molecule has 28 heavy (non-hydrogen) atoms. The molecule has 1 saturated heterocycles. The number of carbonyl (C=O) groups is 1. The third kappa shape index (κ3) is 4.52. The number of hydrogen-bond acceptors (Lipinski definition) is 4. The summed E-state index contributed by atoms with van der Waals surface area (Å²) in [5.74, 6) is 0.234. The molecule has 3 rings (SSSR count). The summed E-state index contributed by atoms with van der Waals surface area (Å²) < 4.78 is 44.4. The van der Waals surface area contributed by atoms with Crippen molar-refractivity contribution in [2.45, 2.75) is 35.8 Å². The summed E-state index contributed by atoms with van der Waals surface area (Å²) in [7, 11) is -1.91. The SMILES string of the molecule is COc1ccc(S(=O)(=O)C2CCN(C(=O)CCc3ccccc3F)CC2)cc1. The third-order valence-electron chi connectivity index (χ3n) is 5.19. The number of rotatable bonds is 6. The van der Waals surface area contributed by atoms with Crippen LogP contribution in [0.15, 0.2) is 53.4 Å². The zero-order chi connectivity index (χ0) is 20.1. The number of sulfone groups is 1. The lowest BCUT2D eigenvalue weighted by atomic mass is 10.1. The molecule has 0 atom stereocenters. The van der Waals surface area contributed by atoms with Crippen molar-refractivity contribution >= 4 is 15.7 Å². The van der Waals surface area contributed by atoms with E-state index in [-0.39, 0.29) is 23.0 Å². The van der Waals surface area contributed by atoms with Crippen LogP contribution in [0.25, 0.3) is 0 Å². The van der Waals surface area contributed by atoms with E-state index in [9.17, 15) is 17.6 Å². The zero-order valence-electron chi connectivity index (χ0n) is 15.8. The van der Waals surface area contributed by atoms with Crippen molar-refractivity contribution < 1.29 is 22.3 Å². The lowest BCUT2D eigenvalue weighted by Crippen LogP contribution is -2.42. The second kappa shape index (κ2) is 8.73. The average Bonchev–Trinajstić information content (AvgIpc) is 2.73. The molecule has 0 bridgehead atoms. The minimum Gasteiger partial charge on any atom is -0.497 e. The normalized spacial score (nSPS) is 15.4. The van der Waals surface area contributed by atoms with Gasteiger partial charge in [-0.25, -0.2) is 12.8 Å². The lowest BCUT2D eigenvalue weighted by molar-refractivity contribution is -0.132. The van der Waals surface area contributed by atoms with Gasteiger partial charge in [-0.3, -0.25) is 4.79 Å². The van der Waals surface area contributed by atoms with Gasteiger partial charge in [0, 0.05) is 19.5 Å². The topological polar surface area (TPSA) is 63.7 Å². The van der Waals surface area contributed by atoms with Gasteiger partial charge in [0.15, 0.2) is 9.84 Å². The molecule has 0 spiro atoms. The molecular weight excluding hydrogens is 381 g/mol. The van der Waals surface area contributed by atoms with Crippen molar-refractivity contribution in [3.8, 4) is 5.75 Å². The highest BCUT2D eigenvalue weighted by atomic mass is 32.2. The van der Waals surface area contributed by atoms with E-state index >= 15 is 0 Å². The maximum Gasteiger partial charge on any atom is 0.222 e. The standard InChI is InChI=1S/C21H24FNO4S/c1-27-17-7-9-18(10-8-17)28(25,26)19-12-14-23(15-13-19)21(24)11-6-16-4-2-3-5-20(16)22/h2-5,7-10,19H,6,11-15H2,1H3. The molecule has 0 saturated carbocycles. The van der Waals surface area contributed by atoms with E-state index < -0.39 is 15.1 Å². The molecule has 0 aromatic heterocycles. The molecule has 0 N–H and O–H groups in total. The Bertz CT molecular complexity index is 920. The third-order valence-corrected chi connectivity index (χ3v) is 7.47. The van der Waals surface area contributed by atoms with E-state index in [0.717, 1.165) is 0 Å².